The molecular formula is C17H22N2O. The van der Waals surface area contributed by atoms with Crippen LogP contribution in [-0.4, -0.2) is 41.8 Å². The maximum atomic E-state index is 12.7. The second-order valence-corrected chi connectivity index (χ2v) is 7.55. The molecule has 5 rings (SSSR count). The molecular weight excluding hydrogens is 248 g/mol. The van der Waals surface area contributed by atoms with Crippen LogP contribution in [0, 0.1) is 10.8 Å². The fourth-order valence-electron chi connectivity index (χ4n) is 4.85. The third-order valence-corrected chi connectivity index (χ3v) is 5.81. The molecule has 0 aromatic heterocycles. The molecule has 1 aromatic carbocycles. The van der Waals surface area contributed by atoms with Gasteiger partial charge in [-0.05, 0) is 12.5 Å². The molecule has 0 amide bonds. The first-order valence-electron chi connectivity index (χ1n) is 7.49. The molecule has 4 bridgehead atoms. The number of nitrogens with zero attached hydrogens (tertiary/aromatic N) is 2. The van der Waals surface area contributed by atoms with Gasteiger partial charge in [0.2, 0.25) is 0 Å². The topological polar surface area (TPSA) is 23.6 Å². The van der Waals surface area contributed by atoms with E-state index in [1.165, 1.54) is 5.56 Å². The Kier molecular flexibility index (Phi) is 2.21. The Morgan fingerprint density at radius 2 is 1.30 bits per heavy atom. The number of Topliss-reactive ketones (excluding diaryl/α,β-unsaturated/α-hetero) is 1. The molecule has 20 heavy (non-hydrogen) atoms. The van der Waals surface area contributed by atoms with Gasteiger partial charge in [-0.1, -0.05) is 44.2 Å². The standard InChI is InChI=1S/C17H22N2O/c1-15-9-18-11-16(2,14(15)20)12-19(10-15)17(18,3)13-7-5-4-6-8-13/h4-8H,9-12H2,1-3H3. The average Bonchev–Trinajstić information content (AvgIpc) is 2.41. The molecule has 0 N–H and O–H groups in total. The molecule has 0 unspecified atom stereocenters. The van der Waals surface area contributed by atoms with Crippen molar-refractivity contribution in [3.05, 3.63) is 35.9 Å². The van der Waals surface area contributed by atoms with Crippen LogP contribution in [0.25, 0.3) is 0 Å². The molecule has 0 radical (unpaired) electrons. The molecule has 0 spiro atoms. The maximum absolute atomic E-state index is 12.7. The van der Waals surface area contributed by atoms with Crippen molar-refractivity contribution in [3.8, 4) is 0 Å². The zero-order valence-electron chi connectivity index (χ0n) is 12.5. The van der Waals surface area contributed by atoms with Crippen molar-refractivity contribution >= 4 is 5.78 Å². The van der Waals surface area contributed by atoms with Crippen molar-refractivity contribution in [1.29, 1.82) is 0 Å². The highest BCUT2D eigenvalue weighted by molar-refractivity contribution is 5.92. The lowest BCUT2D eigenvalue weighted by atomic mass is 9.60. The highest BCUT2D eigenvalue weighted by Gasteiger charge is 2.65. The molecule has 0 atom stereocenters. The van der Waals surface area contributed by atoms with Gasteiger partial charge >= 0.3 is 0 Å². The van der Waals surface area contributed by atoms with Crippen molar-refractivity contribution in [1.82, 2.24) is 9.80 Å². The van der Waals surface area contributed by atoms with E-state index in [9.17, 15) is 4.79 Å². The number of carbonyl (C=O) groups is 1. The van der Waals surface area contributed by atoms with Gasteiger partial charge in [0.1, 0.15) is 5.78 Å². The first-order valence-corrected chi connectivity index (χ1v) is 7.49. The molecule has 106 valence electrons. The van der Waals surface area contributed by atoms with Gasteiger partial charge in [-0.3, -0.25) is 14.6 Å². The largest absolute Gasteiger partial charge is 0.298 e. The van der Waals surface area contributed by atoms with E-state index < -0.39 is 0 Å². The fraction of sp³-hybridized carbons (Fsp3) is 0.588. The lowest BCUT2D eigenvalue weighted by Crippen LogP contribution is -2.80. The summed E-state index contributed by atoms with van der Waals surface area (Å²) in [5, 5.41) is 0. The summed E-state index contributed by atoms with van der Waals surface area (Å²) in [7, 11) is 0. The van der Waals surface area contributed by atoms with Crippen LogP contribution in [-0.2, 0) is 10.5 Å². The summed E-state index contributed by atoms with van der Waals surface area (Å²) in [4.78, 5) is 17.8. The van der Waals surface area contributed by atoms with Crippen LogP contribution < -0.4 is 0 Å². The number of benzene rings is 1. The van der Waals surface area contributed by atoms with E-state index in [-0.39, 0.29) is 16.5 Å². The summed E-state index contributed by atoms with van der Waals surface area (Å²) in [6, 6.07) is 10.7. The average molecular weight is 270 g/mol. The molecule has 4 heterocycles. The molecule has 0 saturated carbocycles. The molecule has 4 aliphatic heterocycles. The molecule has 4 fully saturated rings. The van der Waals surface area contributed by atoms with E-state index in [4.69, 9.17) is 0 Å². The van der Waals surface area contributed by atoms with Gasteiger partial charge in [0.05, 0.1) is 16.5 Å². The van der Waals surface area contributed by atoms with E-state index in [2.05, 4.69) is 60.9 Å². The Labute approximate surface area is 120 Å². The van der Waals surface area contributed by atoms with Crippen molar-refractivity contribution in [2.75, 3.05) is 26.2 Å². The lowest BCUT2D eigenvalue weighted by Gasteiger charge is -2.69. The van der Waals surface area contributed by atoms with E-state index in [0.29, 0.717) is 5.78 Å². The van der Waals surface area contributed by atoms with Crippen molar-refractivity contribution in [2.45, 2.75) is 26.4 Å². The highest BCUT2D eigenvalue weighted by atomic mass is 16.1. The molecule has 4 aliphatic rings. The summed E-state index contributed by atoms with van der Waals surface area (Å²) >= 11 is 0. The molecule has 0 aliphatic carbocycles. The Bertz CT molecular complexity index is 540. The molecule has 4 saturated heterocycles. The summed E-state index contributed by atoms with van der Waals surface area (Å²) in [5.74, 6) is 0.479. The second-order valence-electron chi connectivity index (χ2n) is 7.55. The van der Waals surface area contributed by atoms with Gasteiger partial charge in [0.25, 0.3) is 0 Å². The summed E-state index contributed by atoms with van der Waals surface area (Å²) in [6.07, 6.45) is 0. The Hall–Kier alpha value is -1.19. The highest BCUT2D eigenvalue weighted by Crippen LogP contribution is 2.54. The van der Waals surface area contributed by atoms with Gasteiger partial charge in [0.15, 0.2) is 0 Å². The van der Waals surface area contributed by atoms with Crippen LogP contribution in [0.3, 0.4) is 0 Å². The SMILES string of the molecule is CC12CN3CC(C)(CN(C1)C3(C)c1ccccc1)C2=O. The minimum absolute atomic E-state index is 0.0546. The minimum atomic E-state index is -0.181. The quantitative estimate of drug-likeness (QED) is 0.780. The van der Waals surface area contributed by atoms with Crippen molar-refractivity contribution in [2.24, 2.45) is 10.8 Å². The Balaban J connectivity index is 1.83. The third-order valence-electron chi connectivity index (χ3n) is 5.81. The van der Waals surface area contributed by atoms with E-state index in [0.717, 1.165) is 26.2 Å². The van der Waals surface area contributed by atoms with Crippen LogP contribution >= 0.6 is 0 Å². The normalized spacial score (nSPS) is 49.6. The number of hydrogen-bond acceptors (Lipinski definition) is 3. The Morgan fingerprint density at radius 3 is 1.75 bits per heavy atom. The number of rotatable bonds is 1. The fourth-order valence-corrected chi connectivity index (χ4v) is 4.85. The third kappa shape index (κ3) is 1.30. The first-order chi connectivity index (χ1) is 9.38. The van der Waals surface area contributed by atoms with E-state index >= 15 is 0 Å². The van der Waals surface area contributed by atoms with Crippen LogP contribution in [0.4, 0.5) is 0 Å². The van der Waals surface area contributed by atoms with E-state index in [1.54, 1.807) is 0 Å². The van der Waals surface area contributed by atoms with Gasteiger partial charge in [-0.15, -0.1) is 0 Å². The Morgan fingerprint density at radius 1 is 0.850 bits per heavy atom. The number of piperidine rings is 2. The van der Waals surface area contributed by atoms with Gasteiger partial charge in [-0.2, -0.15) is 0 Å². The number of carbonyl (C=O) groups excluding carboxylic acids is 1. The monoisotopic (exact) mass is 270 g/mol. The number of hydrogen-bond donors (Lipinski definition) is 0. The van der Waals surface area contributed by atoms with Gasteiger partial charge in [-0.25, -0.2) is 0 Å². The van der Waals surface area contributed by atoms with Gasteiger partial charge < -0.3 is 0 Å². The number of ketones is 1. The summed E-state index contributed by atoms with van der Waals surface area (Å²) < 4.78 is 0. The van der Waals surface area contributed by atoms with Crippen LogP contribution in [0.15, 0.2) is 30.3 Å². The summed E-state index contributed by atoms with van der Waals surface area (Å²) in [5.41, 5.74) is 0.929. The first kappa shape index (κ1) is 12.5. The smallest absolute Gasteiger partial charge is 0.149 e. The lowest BCUT2D eigenvalue weighted by molar-refractivity contribution is -0.228. The predicted molar refractivity (Wildman–Crippen MR) is 78.2 cm³/mol. The van der Waals surface area contributed by atoms with E-state index in [1.807, 2.05) is 0 Å². The molecule has 1 aromatic rings. The van der Waals surface area contributed by atoms with Crippen LogP contribution in [0.5, 0.6) is 0 Å². The minimum Gasteiger partial charge on any atom is -0.298 e. The molecule has 3 nitrogen and oxygen atoms in total. The second kappa shape index (κ2) is 3.52. The predicted octanol–water partition coefficient (Wildman–Crippen LogP) is 2.09. The zero-order valence-corrected chi connectivity index (χ0v) is 12.5. The van der Waals surface area contributed by atoms with Crippen LogP contribution in [0.2, 0.25) is 0 Å². The summed E-state index contributed by atoms with van der Waals surface area (Å²) in [6.45, 7) is 10.2. The van der Waals surface area contributed by atoms with Crippen molar-refractivity contribution in [3.63, 3.8) is 0 Å². The molecule has 3 heteroatoms. The van der Waals surface area contributed by atoms with Gasteiger partial charge in [0, 0.05) is 26.2 Å². The zero-order chi connectivity index (χ0) is 14.2. The maximum Gasteiger partial charge on any atom is 0.149 e. The van der Waals surface area contributed by atoms with Crippen molar-refractivity contribution < 1.29 is 4.79 Å². The van der Waals surface area contributed by atoms with Crippen LogP contribution in [0.1, 0.15) is 26.3 Å².